The van der Waals surface area contributed by atoms with Crippen molar-refractivity contribution < 1.29 is 27.2 Å². The molecular formula is C23H32F4N8O2. The van der Waals surface area contributed by atoms with E-state index in [-0.39, 0.29) is 11.3 Å². The number of hydrogen-bond acceptors (Lipinski definition) is 7. The van der Waals surface area contributed by atoms with Crippen molar-refractivity contribution >= 4 is 28.8 Å². The molecule has 10 nitrogen and oxygen atoms in total. The highest BCUT2D eigenvalue weighted by molar-refractivity contribution is 6.08. The lowest BCUT2D eigenvalue weighted by atomic mass is 10.2. The molecule has 3 aromatic heterocycles. The standard InChI is InChI=1S/C13H13F2N7O.C6H13N.C4H6F2O/c1-16-9-3-4-22-12(19-9)7(5-17-22)13(23)18-8-6-21(2)20-10(8)11(14)15;1-2-4-6-7-5-3-1;1-3(7)4(2,5)6/h3-6,11H,1-2H3,(H,16,19)(H,18,23);7H,1-6H2;1-2H3. The number of nitrogens with one attached hydrogen (secondary N) is 3. The van der Waals surface area contributed by atoms with Crippen molar-refractivity contribution in [1.29, 1.82) is 0 Å². The maximum absolute atomic E-state index is 12.9. The van der Waals surface area contributed by atoms with Gasteiger partial charge in [-0.05, 0) is 32.0 Å². The smallest absolute Gasteiger partial charge is 0.302 e. The van der Waals surface area contributed by atoms with Crippen LogP contribution in [0.1, 0.15) is 62.0 Å². The first kappa shape index (κ1) is 29.7. The van der Waals surface area contributed by atoms with Crippen LogP contribution in [0.5, 0.6) is 0 Å². The van der Waals surface area contributed by atoms with Gasteiger partial charge in [-0.25, -0.2) is 18.3 Å². The summed E-state index contributed by atoms with van der Waals surface area (Å²) in [6, 6.07) is 1.69. The van der Waals surface area contributed by atoms with Gasteiger partial charge in [-0.15, -0.1) is 0 Å². The van der Waals surface area contributed by atoms with Gasteiger partial charge in [-0.1, -0.05) is 12.8 Å². The number of aryl methyl sites for hydroxylation is 1. The predicted molar refractivity (Wildman–Crippen MR) is 131 cm³/mol. The summed E-state index contributed by atoms with van der Waals surface area (Å²) < 4.78 is 51.5. The topological polar surface area (TPSA) is 118 Å². The molecule has 1 aliphatic rings. The first-order chi connectivity index (χ1) is 17.4. The Morgan fingerprint density at radius 3 is 2.32 bits per heavy atom. The van der Waals surface area contributed by atoms with Gasteiger partial charge in [0.05, 0.1) is 11.9 Å². The van der Waals surface area contributed by atoms with Crippen LogP contribution in [0.15, 0.2) is 24.7 Å². The van der Waals surface area contributed by atoms with Crippen LogP contribution in [-0.2, 0) is 11.8 Å². The minimum Gasteiger partial charge on any atom is -0.373 e. The number of alkyl halides is 4. The molecule has 0 spiro atoms. The van der Waals surface area contributed by atoms with Crippen molar-refractivity contribution in [2.24, 2.45) is 7.05 Å². The molecule has 0 radical (unpaired) electrons. The number of hydrogen-bond donors (Lipinski definition) is 3. The Morgan fingerprint density at radius 1 is 1.16 bits per heavy atom. The summed E-state index contributed by atoms with van der Waals surface area (Å²) in [4.78, 5) is 26.3. The number of amides is 1. The third-order valence-electron chi connectivity index (χ3n) is 5.26. The van der Waals surface area contributed by atoms with Crippen LogP contribution in [-0.4, -0.2) is 62.1 Å². The number of fused-ring (bicyclic) bond motifs is 1. The second kappa shape index (κ2) is 13.7. The highest BCUT2D eigenvalue weighted by atomic mass is 19.3. The number of nitrogens with zero attached hydrogens (tertiary/aromatic N) is 5. The number of halogens is 4. The summed E-state index contributed by atoms with van der Waals surface area (Å²) in [7, 11) is 3.19. The number of anilines is 2. The Kier molecular flexibility index (Phi) is 11.0. The summed E-state index contributed by atoms with van der Waals surface area (Å²) in [5.74, 6) is -4.26. The van der Waals surface area contributed by atoms with Gasteiger partial charge in [-0.3, -0.25) is 14.3 Å². The van der Waals surface area contributed by atoms with Crippen LogP contribution in [0.3, 0.4) is 0 Å². The quantitative estimate of drug-likeness (QED) is 0.427. The van der Waals surface area contributed by atoms with Gasteiger partial charge in [0.15, 0.2) is 17.1 Å². The third-order valence-corrected chi connectivity index (χ3v) is 5.26. The number of Topliss-reactive ketones (excluding diaryl/α,β-unsaturated/α-hetero) is 1. The van der Waals surface area contributed by atoms with E-state index in [0.717, 1.165) is 6.92 Å². The zero-order valence-corrected chi connectivity index (χ0v) is 21.2. The van der Waals surface area contributed by atoms with Crippen LogP contribution >= 0.6 is 0 Å². The molecule has 14 heteroatoms. The molecule has 37 heavy (non-hydrogen) atoms. The molecule has 0 aliphatic carbocycles. The minimum atomic E-state index is -3.14. The average molecular weight is 529 g/mol. The van der Waals surface area contributed by atoms with Gasteiger partial charge >= 0.3 is 5.92 Å². The first-order valence-corrected chi connectivity index (χ1v) is 11.7. The van der Waals surface area contributed by atoms with Crippen LogP contribution in [0.4, 0.5) is 29.1 Å². The Bertz CT molecular complexity index is 1150. The van der Waals surface area contributed by atoms with E-state index in [1.165, 1.54) is 67.4 Å². The fourth-order valence-corrected chi connectivity index (χ4v) is 3.10. The number of ketones is 1. The van der Waals surface area contributed by atoms with E-state index < -0.39 is 29.7 Å². The molecule has 0 saturated carbocycles. The molecule has 3 aromatic rings. The lowest BCUT2D eigenvalue weighted by Gasteiger charge is -2.04. The number of aromatic nitrogens is 5. The zero-order valence-electron chi connectivity index (χ0n) is 21.2. The molecule has 1 aliphatic heterocycles. The van der Waals surface area contributed by atoms with Crippen molar-refractivity contribution in [2.45, 2.75) is 51.9 Å². The van der Waals surface area contributed by atoms with Gasteiger partial charge in [-0.2, -0.15) is 19.0 Å². The minimum absolute atomic E-state index is 0.0448. The Morgan fingerprint density at radius 2 is 1.78 bits per heavy atom. The second-order valence-electron chi connectivity index (χ2n) is 8.35. The van der Waals surface area contributed by atoms with Crippen molar-refractivity contribution in [1.82, 2.24) is 29.7 Å². The summed E-state index contributed by atoms with van der Waals surface area (Å²) in [6.07, 6.45) is 7.15. The Labute approximate surface area is 211 Å². The van der Waals surface area contributed by atoms with E-state index in [9.17, 15) is 27.2 Å². The fraction of sp³-hybridized carbons (Fsp3) is 0.522. The van der Waals surface area contributed by atoms with Gasteiger partial charge in [0.25, 0.3) is 12.3 Å². The van der Waals surface area contributed by atoms with E-state index in [2.05, 4.69) is 31.1 Å². The van der Waals surface area contributed by atoms with E-state index in [1.807, 2.05) is 0 Å². The second-order valence-corrected chi connectivity index (χ2v) is 8.35. The molecule has 1 fully saturated rings. The van der Waals surface area contributed by atoms with Crippen LogP contribution in [0.2, 0.25) is 0 Å². The maximum Gasteiger partial charge on any atom is 0.302 e. The van der Waals surface area contributed by atoms with Crippen molar-refractivity contribution in [3.63, 3.8) is 0 Å². The van der Waals surface area contributed by atoms with Crippen molar-refractivity contribution in [3.05, 3.63) is 35.9 Å². The third kappa shape index (κ3) is 9.12. The number of carbonyl (C=O) groups excluding carboxylic acids is 2. The summed E-state index contributed by atoms with van der Waals surface area (Å²) in [6.45, 7) is 3.94. The Balaban J connectivity index is 0.000000281. The molecule has 204 valence electrons. The summed E-state index contributed by atoms with van der Waals surface area (Å²) in [5, 5.41) is 16.3. The summed E-state index contributed by atoms with van der Waals surface area (Å²) in [5.41, 5.74) is -0.0409. The molecule has 0 bridgehead atoms. The van der Waals surface area contributed by atoms with Crippen molar-refractivity contribution in [3.8, 4) is 0 Å². The summed E-state index contributed by atoms with van der Waals surface area (Å²) >= 11 is 0. The van der Waals surface area contributed by atoms with Gasteiger partial charge in [0.2, 0.25) is 0 Å². The van der Waals surface area contributed by atoms with Gasteiger partial charge in [0.1, 0.15) is 11.4 Å². The van der Waals surface area contributed by atoms with E-state index in [4.69, 9.17) is 0 Å². The number of rotatable bonds is 5. The number of carbonyl (C=O) groups is 2. The lowest BCUT2D eigenvalue weighted by molar-refractivity contribution is -0.138. The average Bonchev–Trinajstić information content (AvgIpc) is 3.28. The molecule has 0 atom stereocenters. The van der Waals surface area contributed by atoms with Gasteiger partial charge in [0, 0.05) is 40.3 Å². The Hall–Kier alpha value is -3.55. The van der Waals surface area contributed by atoms with Crippen LogP contribution < -0.4 is 16.0 Å². The maximum atomic E-state index is 12.9. The molecule has 4 heterocycles. The highest BCUT2D eigenvalue weighted by Gasteiger charge is 2.27. The van der Waals surface area contributed by atoms with Crippen LogP contribution in [0.25, 0.3) is 5.65 Å². The molecule has 1 saturated heterocycles. The molecule has 3 N–H and O–H groups in total. The SMILES string of the molecule is C1CCCNCC1.CC(=O)C(C)(F)F.CNc1ccn2ncc(C(=O)Nc3cn(C)nc3C(F)F)c2n1. The van der Waals surface area contributed by atoms with Crippen LogP contribution in [0, 0.1) is 0 Å². The first-order valence-electron chi connectivity index (χ1n) is 11.7. The van der Waals surface area contributed by atoms with E-state index >= 15 is 0 Å². The fourth-order valence-electron chi connectivity index (χ4n) is 3.10. The molecule has 0 unspecified atom stereocenters. The van der Waals surface area contributed by atoms with Gasteiger partial charge < -0.3 is 16.0 Å². The van der Waals surface area contributed by atoms with E-state index in [1.54, 1.807) is 19.3 Å². The molecular weight excluding hydrogens is 496 g/mol. The normalized spacial score (nSPS) is 13.6. The molecule has 4 rings (SSSR count). The lowest BCUT2D eigenvalue weighted by Crippen LogP contribution is -2.20. The largest absolute Gasteiger partial charge is 0.373 e. The predicted octanol–water partition coefficient (Wildman–Crippen LogP) is 4.08. The zero-order chi connectivity index (χ0) is 27.6. The van der Waals surface area contributed by atoms with Crippen molar-refractivity contribution in [2.75, 3.05) is 30.8 Å². The monoisotopic (exact) mass is 528 g/mol. The van der Waals surface area contributed by atoms with E-state index in [0.29, 0.717) is 18.4 Å². The highest BCUT2D eigenvalue weighted by Crippen LogP contribution is 2.26. The molecule has 1 amide bonds. The molecule has 0 aromatic carbocycles.